The first-order valence-electron chi connectivity index (χ1n) is 7.70. The van der Waals surface area contributed by atoms with Gasteiger partial charge in [0.1, 0.15) is 0 Å². The van der Waals surface area contributed by atoms with Gasteiger partial charge < -0.3 is 10.4 Å². The van der Waals surface area contributed by atoms with Crippen LogP contribution in [0.15, 0.2) is 0 Å². The Bertz CT molecular complexity index is 375. The van der Waals surface area contributed by atoms with Crippen molar-refractivity contribution in [3.05, 3.63) is 0 Å². The van der Waals surface area contributed by atoms with Crippen LogP contribution >= 0.6 is 0 Å². The molecule has 1 saturated heterocycles. The smallest absolute Gasteiger partial charge is 0.306 e. The molecule has 2 aliphatic rings. The Balaban J connectivity index is 1.87. The van der Waals surface area contributed by atoms with Crippen molar-refractivity contribution in [2.24, 2.45) is 5.92 Å². The third-order valence-corrected chi connectivity index (χ3v) is 4.98. The molecule has 2 N–H and O–H groups in total. The maximum Gasteiger partial charge on any atom is 0.306 e. The number of carboxylic acid groups (broad SMARTS) is 1. The number of amides is 1. The van der Waals surface area contributed by atoms with Gasteiger partial charge in [-0.3, -0.25) is 14.5 Å². The number of nitrogens with zero attached hydrogens (tertiary/aromatic N) is 1. The lowest BCUT2D eigenvalue weighted by Crippen LogP contribution is -2.51. The number of likely N-dealkylation sites (tertiary alicyclic amines) is 1. The molecule has 1 aliphatic carbocycles. The van der Waals surface area contributed by atoms with Crippen molar-refractivity contribution in [3.8, 4) is 0 Å². The largest absolute Gasteiger partial charge is 0.481 e. The van der Waals surface area contributed by atoms with E-state index in [4.69, 9.17) is 5.11 Å². The highest BCUT2D eigenvalue weighted by atomic mass is 16.4. The summed E-state index contributed by atoms with van der Waals surface area (Å²) in [7, 11) is 0. The second kappa shape index (κ2) is 6.12. The Kier molecular flexibility index (Phi) is 4.68. The zero-order valence-electron chi connectivity index (χ0n) is 12.6. The van der Waals surface area contributed by atoms with Crippen LogP contribution in [0.25, 0.3) is 0 Å². The fourth-order valence-electron chi connectivity index (χ4n) is 3.77. The van der Waals surface area contributed by atoms with Crippen molar-refractivity contribution in [1.82, 2.24) is 10.2 Å². The number of rotatable bonds is 4. The van der Waals surface area contributed by atoms with E-state index in [-0.39, 0.29) is 23.9 Å². The van der Waals surface area contributed by atoms with E-state index in [1.807, 2.05) is 6.92 Å². The molecule has 1 heterocycles. The summed E-state index contributed by atoms with van der Waals surface area (Å²) in [6.07, 6.45) is 4.30. The Hall–Kier alpha value is -1.10. The molecular weight excluding hydrogens is 256 g/mol. The Morgan fingerprint density at radius 3 is 2.25 bits per heavy atom. The summed E-state index contributed by atoms with van der Waals surface area (Å²) < 4.78 is 0. The van der Waals surface area contributed by atoms with Crippen LogP contribution in [0.3, 0.4) is 0 Å². The molecule has 0 aromatic carbocycles. The SMILES string of the molecule is CC1CCC(C)N1C(C)C(=O)N[C@H]1CC[C@@H](C(=O)O)C1. The second-order valence-electron chi connectivity index (χ2n) is 6.45. The molecule has 0 aromatic heterocycles. The summed E-state index contributed by atoms with van der Waals surface area (Å²) in [6, 6.07) is 0.785. The topological polar surface area (TPSA) is 69.6 Å². The Morgan fingerprint density at radius 1 is 1.15 bits per heavy atom. The van der Waals surface area contributed by atoms with Gasteiger partial charge in [0.15, 0.2) is 0 Å². The van der Waals surface area contributed by atoms with E-state index in [2.05, 4.69) is 24.1 Å². The van der Waals surface area contributed by atoms with Crippen molar-refractivity contribution < 1.29 is 14.7 Å². The van der Waals surface area contributed by atoms with E-state index < -0.39 is 5.97 Å². The van der Waals surface area contributed by atoms with Crippen molar-refractivity contribution in [1.29, 1.82) is 0 Å². The van der Waals surface area contributed by atoms with Gasteiger partial charge in [-0.1, -0.05) is 0 Å². The third kappa shape index (κ3) is 3.14. The van der Waals surface area contributed by atoms with Gasteiger partial charge in [-0.15, -0.1) is 0 Å². The molecule has 3 unspecified atom stereocenters. The predicted octanol–water partition coefficient (Wildman–Crippen LogP) is 1.62. The highest BCUT2D eigenvalue weighted by Gasteiger charge is 2.36. The number of carbonyl (C=O) groups is 2. The zero-order valence-corrected chi connectivity index (χ0v) is 12.6. The molecule has 2 rings (SSSR count). The van der Waals surface area contributed by atoms with Gasteiger partial charge in [0, 0.05) is 18.1 Å². The lowest BCUT2D eigenvalue weighted by atomic mass is 10.1. The molecule has 5 atom stereocenters. The molecular formula is C15H26N2O3. The predicted molar refractivity (Wildman–Crippen MR) is 76.4 cm³/mol. The number of hydrogen-bond acceptors (Lipinski definition) is 3. The summed E-state index contributed by atoms with van der Waals surface area (Å²) in [5.74, 6) is -0.988. The van der Waals surface area contributed by atoms with E-state index in [0.29, 0.717) is 24.9 Å². The van der Waals surface area contributed by atoms with E-state index in [0.717, 1.165) is 19.3 Å². The summed E-state index contributed by atoms with van der Waals surface area (Å²) in [4.78, 5) is 25.6. The van der Waals surface area contributed by atoms with E-state index in [1.54, 1.807) is 0 Å². The fraction of sp³-hybridized carbons (Fsp3) is 0.867. The van der Waals surface area contributed by atoms with Crippen LogP contribution in [0, 0.1) is 5.92 Å². The maximum absolute atomic E-state index is 12.4. The molecule has 114 valence electrons. The molecule has 5 heteroatoms. The molecule has 20 heavy (non-hydrogen) atoms. The van der Waals surface area contributed by atoms with Crippen molar-refractivity contribution in [2.75, 3.05) is 0 Å². The lowest BCUT2D eigenvalue weighted by Gasteiger charge is -2.32. The van der Waals surface area contributed by atoms with Crippen LogP contribution in [0.2, 0.25) is 0 Å². The molecule has 1 saturated carbocycles. The first-order chi connectivity index (χ1) is 9.40. The van der Waals surface area contributed by atoms with Crippen LogP contribution in [0.4, 0.5) is 0 Å². The highest BCUT2D eigenvalue weighted by molar-refractivity contribution is 5.82. The monoisotopic (exact) mass is 282 g/mol. The summed E-state index contributed by atoms with van der Waals surface area (Å²) >= 11 is 0. The number of nitrogens with one attached hydrogen (secondary N) is 1. The molecule has 0 radical (unpaired) electrons. The van der Waals surface area contributed by atoms with Crippen molar-refractivity contribution >= 4 is 11.9 Å². The van der Waals surface area contributed by atoms with Gasteiger partial charge >= 0.3 is 5.97 Å². The van der Waals surface area contributed by atoms with E-state index >= 15 is 0 Å². The van der Waals surface area contributed by atoms with Gasteiger partial charge in [0.05, 0.1) is 12.0 Å². The average molecular weight is 282 g/mol. The molecule has 5 nitrogen and oxygen atoms in total. The van der Waals surface area contributed by atoms with Crippen LogP contribution in [0.1, 0.15) is 52.9 Å². The number of carboxylic acids is 1. The zero-order chi connectivity index (χ0) is 14.9. The van der Waals surface area contributed by atoms with Crippen LogP contribution in [-0.2, 0) is 9.59 Å². The standard InChI is InChI=1S/C15H26N2O3/c1-9-4-5-10(2)17(9)11(3)14(18)16-13-7-6-12(8-13)15(19)20/h9-13H,4-8H2,1-3H3,(H,16,18)(H,19,20)/t9?,10?,11?,12-,13+/m1/s1. The number of aliphatic carboxylic acids is 1. The molecule has 2 fully saturated rings. The van der Waals surface area contributed by atoms with Gasteiger partial charge in [0.25, 0.3) is 0 Å². The van der Waals surface area contributed by atoms with E-state index in [9.17, 15) is 9.59 Å². The molecule has 0 aromatic rings. The Labute approximate surface area is 120 Å². The highest BCUT2D eigenvalue weighted by Crippen LogP contribution is 2.28. The molecule has 1 amide bonds. The lowest BCUT2D eigenvalue weighted by molar-refractivity contribution is -0.141. The second-order valence-corrected chi connectivity index (χ2v) is 6.45. The minimum atomic E-state index is -0.739. The van der Waals surface area contributed by atoms with Gasteiger partial charge in [-0.25, -0.2) is 0 Å². The minimum Gasteiger partial charge on any atom is -0.481 e. The first kappa shape index (κ1) is 15.3. The van der Waals surface area contributed by atoms with Crippen LogP contribution in [-0.4, -0.2) is 46.1 Å². The van der Waals surface area contributed by atoms with Crippen molar-refractivity contribution in [3.63, 3.8) is 0 Å². The summed E-state index contributed by atoms with van der Waals surface area (Å²) in [5, 5.41) is 12.0. The number of hydrogen-bond donors (Lipinski definition) is 2. The molecule has 0 spiro atoms. The van der Waals surface area contributed by atoms with Crippen LogP contribution < -0.4 is 5.32 Å². The number of carbonyl (C=O) groups excluding carboxylic acids is 1. The van der Waals surface area contributed by atoms with Gasteiger partial charge in [-0.05, 0) is 52.9 Å². The van der Waals surface area contributed by atoms with Gasteiger partial charge in [-0.2, -0.15) is 0 Å². The quantitative estimate of drug-likeness (QED) is 0.822. The summed E-state index contributed by atoms with van der Waals surface area (Å²) in [5.41, 5.74) is 0. The van der Waals surface area contributed by atoms with Crippen molar-refractivity contribution in [2.45, 2.75) is 77.0 Å². The Morgan fingerprint density at radius 2 is 1.75 bits per heavy atom. The molecule has 1 aliphatic heterocycles. The van der Waals surface area contributed by atoms with Crippen LogP contribution in [0.5, 0.6) is 0 Å². The normalized spacial score (nSPS) is 36.0. The maximum atomic E-state index is 12.4. The molecule has 0 bridgehead atoms. The fourth-order valence-corrected chi connectivity index (χ4v) is 3.77. The van der Waals surface area contributed by atoms with Gasteiger partial charge in [0.2, 0.25) is 5.91 Å². The average Bonchev–Trinajstić information content (AvgIpc) is 2.96. The third-order valence-electron chi connectivity index (χ3n) is 4.98. The summed E-state index contributed by atoms with van der Waals surface area (Å²) in [6.45, 7) is 6.30. The van der Waals surface area contributed by atoms with E-state index in [1.165, 1.54) is 0 Å². The minimum absolute atomic E-state index is 0.0271. The first-order valence-corrected chi connectivity index (χ1v) is 7.70.